The second-order valence-electron chi connectivity index (χ2n) is 9.73. The van der Waals surface area contributed by atoms with Gasteiger partial charge in [-0.1, -0.05) is 26.3 Å². The standard InChI is InChI=1S/C22H31NO/c1-14-13-22(3)16(12-20(14)24)4-6-17-18-7-5-15(9-11-23)21(18,2)10-8-19(17)22/h9,14,16-19H,4-8,10,12-13H2,1-3H3/b15-9-/t14-,16?,17-,18?,19?,21+,22?/m0/s1. The van der Waals surface area contributed by atoms with Crippen LogP contribution in [0.25, 0.3) is 0 Å². The highest BCUT2D eigenvalue weighted by Crippen LogP contribution is 2.67. The third-order valence-electron chi connectivity index (χ3n) is 8.90. The molecular formula is C22H31NO. The van der Waals surface area contributed by atoms with E-state index in [-0.39, 0.29) is 11.3 Å². The van der Waals surface area contributed by atoms with Gasteiger partial charge in [0.15, 0.2) is 0 Å². The van der Waals surface area contributed by atoms with Gasteiger partial charge in [0, 0.05) is 18.4 Å². The molecule has 4 rings (SSSR count). The van der Waals surface area contributed by atoms with Crippen LogP contribution in [0.2, 0.25) is 0 Å². The van der Waals surface area contributed by atoms with Gasteiger partial charge in [0.1, 0.15) is 5.78 Å². The molecule has 24 heavy (non-hydrogen) atoms. The zero-order valence-electron chi connectivity index (χ0n) is 15.5. The molecule has 0 saturated heterocycles. The molecule has 0 aliphatic heterocycles. The molecule has 0 heterocycles. The molecule has 0 N–H and O–H groups in total. The summed E-state index contributed by atoms with van der Waals surface area (Å²) in [5, 5.41) is 9.15. The maximum Gasteiger partial charge on any atom is 0.136 e. The predicted molar refractivity (Wildman–Crippen MR) is 95.0 cm³/mol. The Morgan fingerprint density at radius 2 is 1.96 bits per heavy atom. The molecule has 0 amide bonds. The van der Waals surface area contributed by atoms with Gasteiger partial charge in [0.05, 0.1) is 6.07 Å². The van der Waals surface area contributed by atoms with E-state index in [0.29, 0.717) is 17.1 Å². The van der Waals surface area contributed by atoms with E-state index >= 15 is 0 Å². The minimum Gasteiger partial charge on any atom is -0.299 e. The lowest BCUT2D eigenvalue weighted by atomic mass is 9.44. The highest BCUT2D eigenvalue weighted by atomic mass is 16.1. The van der Waals surface area contributed by atoms with Crippen LogP contribution in [-0.4, -0.2) is 5.78 Å². The van der Waals surface area contributed by atoms with Crippen molar-refractivity contribution in [3.8, 4) is 6.07 Å². The van der Waals surface area contributed by atoms with Crippen molar-refractivity contribution < 1.29 is 4.79 Å². The zero-order chi connectivity index (χ0) is 17.1. The topological polar surface area (TPSA) is 40.9 Å². The van der Waals surface area contributed by atoms with Crippen molar-refractivity contribution in [3.63, 3.8) is 0 Å². The van der Waals surface area contributed by atoms with Crippen molar-refractivity contribution in [1.29, 1.82) is 5.26 Å². The summed E-state index contributed by atoms with van der Waals surface area (Å²) in [6, 6.07) is 2.30. The molecule has 2 nitrogen and oxygen atoms in total. The van der Waals surface area contributed by atoms with Crippen molar-refractivity contribution in [2.24, 2.45) is 40.4 Å². The largest absolute Gasteiger partial charge is 0.299 e. The number of ketones is 1. The molecule has 0 radical (unpaired) electrons. The van der Waals surface area contributed by atoms with E-state index in [1.54, 1.807) is 0 Å². The molecule has 0 aromatic carbocycles. The Morgan fingerprint density at radius 3 is 2.71 bits per heavy atom. The first-order chi connectivity index (χ1) is 11.4. The summed E-state index contributed by atoms with van der Waals surface area (Å²) < 4.78 is 0. The molecule has 0 bridgehead atoms. The van der Waals surface area contributed by atoms with E-state index in [2.05, 4.69) is 26.8 Å². The van der Waals surface area contributed by atoms with E-state index in [4.69, 9.17) is 5.26 Å². The van der Waals surface area contributed by atoms with Crippen molar-refractivity contribution >= 4 is 5.78 Å². The van der Waals surface area contributed by atoms with Gasteiger partial charge >= 0.3 is 0 Å². The van der Waals surface area contributed by atoms with Gasteiger partial charge in [-0.15, -0.1) is 0 Å². The second kappa shape index (κ2) is 5.45. The minimum absolute atomic E-state index is 0.260. The summed E-state index contributed by atoms with van der Waals surface area (Å²) in [7, 11) is 0. The Kier molecular flexibility index (Phi) is 3.72. The van der Waals surface area contributed by atoms with Crippen LogP contribution in [0.5, 0.6) is 0 Å². The Hall–Kier alpha value is -1.10. The number of carbonyl (C=O) groups excluding carboxylic acids is 1. The molecule has 7 atom stereocenters. The molecule has 130 valence electrons. The first-order valence-corrected chi connectivity index (χ1v) is 10.0. The van der Waals surface area contributed by atoms with Crippen LogP contribution in [0, 0.1) is 51.8 Å². The molecule has 4 saturated carbocycles. The Bertz CT molecular complexity index is 628. The van der Waals surface area contributed by atoms with E-state index in [9.17, 15) is 4.79 Å². The van der Waals surface area contributed by atoms with E-state index in [1.165, 1.54) is 37.7 Å². The number of rotatable bonds is 0. The highest BCUT2D eigenvalue weighted by Gasteiger charge is 2.59. The smallest absolute Gasteiger partial charge is 0.136 e. The van der Waals surface area contributed by atoms with E-state index < -0.39 is 0 Å². The Labute approximate surface area is 146 Å². The summed E-state index contributed by atoms with van der Waals surface area (Å²) in [5.74, 6) is 3.78. The monoisotopic (exact) mass is 325 g/mol. The minimum atomic E-state index is 0.260. The molecule has 0 aromatic rings. The fraction of sp³-hybridized carbons (Fsp3) is 0.818. The van der Waals surface area contributed by atoms with Crippen LogP contribution in [0.3, 0.4) is 0 Å². The van der Waals surface area contributed by atoms with Crippen LogP contribution < -0.4 is 0 Å². The van der Waals surface area contributed by atoms with Gasteiger partial charge in [-0.2, -0.15) is 5.26 Å². The summed E-state index contributed by atoms with van der Waals surface area (Å²) in [6.45, 7) is 7.11. The lowest BCUT2D eigenvalue weighted by Crippen LogP contribution is -2.54. The maximum atomic E-state index is 12.3. The zero-order valence-corrected chi connectivity index (χ0v) is 15.5. The van der Waals surface area contributed by atoms with Crippen LogP contribution >= 0.6 is 0 Å². The predicted octanol–water partition coefficient (Wildman–Crippen LogP) is 5.29. The van der Waals surface area contributed by atoms with Gasteiger partial charge in [-0.25, -0.2) is 0 Å². The van der Waals surface area contributed by atoms with Crippen LogP contribution in [0.4, 0.5) is 0 Å². The first-order valence-electron chi connectivity index (χ1n) is 10.0. The molecule has 0 aromatic heterocycles. The SMILES string of the molecule is C[C@H]1CC2(C)C(CC[C@@H]3C2CC[C@]2(C)/C(=C\C#N)CCC32)CC1=O. The van der Waals surface area contributed by atoms with Gasteiger partial charge in [0.25, 0.3) is 0 Å². The molecule has 2 heteroatoms. The lowest BCUT2D eigenvalue weighted by molar-refractivity contribution is -0.143. The number of allylic oxidation sites excluding steroid dienone is 2. The molecule has 4 fully saturated rings. The normalized spacial score (nSPS) is 52.3. The lowest BCUT2D eigenvalue weighted by Gasteiger charge is -2.60. The number of Topliss-reactive ketones (excluding diaryl/α,β-unsaturated/α-hetero) is 1. The third-order valence-corrected chi connectivity index (χ3v) is 8.90. The summed E-state index contributed by atoms with van der Waals surface area (Å²) in [5.41, 5.74) is 2.07. The van der Waals surface area contributed by atoms with E-state index in [0.717, 1.165) is 37.0 Å². The van der Waals surface area contributed by atoms with Gasteiger partial charge < -0.3 is 0 Å². The number of nitrogens with zero attached hydrogens (tertiary/aromatic N) is 1. The second-order valence-corrected chi connectivity index (χ2v) is 9.73. The van der Waals surface area contributed by atoms with Crippen LogP contribution in [0.15, 0.2) is 11.6 Å². The van der Waals surface area contributed by atoms with E-state index in [1.807, 2.05) is 6.08 Å². The number of hydrogen-bond acceptors (Lipinski definition) is 2. The Morgan fingerprint density at radius 1 is 1.17 bits per heavy atom. The average Bonchev–Trinajstić information content (AvgIpc) is 2.86. The first kappa shape index (κ1) is 16.4. The Balaban J connectivity index is 1.65. The number of fused-ring (bicyclic) bond motifs is 5. The molecule has 4 unspecified atom stereocenters. The highest BCUT2D eigenvalue weighted by molar-refractivity contribution is 5.82. The molecule has 4 aliphatic rings. The fourth-order valence-corrected chi connectivity index (χ4v) is 7.57. The summed E-state index contributed by atoms with van der Waals surface area (Å²) >= 11 is 0. The molecule has 4 aliphatic carbocycles. The quantitative estimate of drug-likeness (QED) is 0.567. The molecular weight excluding hydrogens is 294 g/mol. The number of carbonyl (C=O) groups is 1. The number of nitriles is 1. The summed E-state index contributed by atoms with van der Waals surface area (Å²) in [6.07, 6.45) is 11.3. The van der Waals surface area contributed by atoms with Crippen molar-refractivity contribution in [2.45, 2.75) is 72.1 Å². The molecule has 0 spiro atoms. The maximum absolute atomic E-state index is 12.3. The van der Waals surface area contributed by atoms with Gasteiger partial charge in [0.2, 0.25) is 0 Å². The average molecular weight is 325 g/mol. The van der Waals surface area contributed by atoms with Crippen LogP contribution in [-0.2, 0) is 4.79 Å². The van der Waals surface area contributed by atoms with Crippen molar-refractivity contribution in [2.75, 3.05) is 0 Å². The van der Waals surface area contributed by atoms with Crippen molar-refractivity contribution in [1.82, 2.24) is 0 Å². The van der Waals surface area contributed by atoms with Crippen molar-refractivity contribution in [3.05, 3.63) is 11.6 Å². The third kappa shape index (κ3) is 2.09. The van der Waals surface area contributed by atoms with Crippen LogP contribution in [0.1, 0.15) is 72.1 Å². The van der Waals surface area contributed by atoms with Gasteiger partial charge in [-0.3, -0.25) is 4.79 Å². The number of hydrogen-bond donors (Lipinski definition) is 0. The fourth-order valence-electron chi connectivity index (χ4n) is 7.57. The van der Waals surface area contributed by atoms with Gasteiger partial charge in [-0.05, 0) is 79.4 Å². The summed E-state index contributed by atoms with van der Waals surface area (Å²) in [4.78, 5) is 12.3.